The predicted octanol–water partition coefficient (Wildman–Crippen LogP) is 5.15. The molecule has 2 rings (SSSR count). The minimum atomic E-state index is -4.39. The summed E-state index contributed by atoms with van der Waals surface area (Å²) in [6.07, 6.45) is -2.12. The van der Waals surface area contributed by atoms with E-state index in [0.717, 1.165) is 12.5 Å². The number of hydrogen-bond acceptors (Lipinski definition) is 2. The van der Waals surface area contributed by atoms with Gasteiger partial charge in [0.05, 0.1) is 17.9 Å². The molecule has 1 aromatic carbocycles. The number of hydrogen-bond donors (Lipinski definition) is 1. The van der Waals surface area contributed by atoms with Crippen LogP contribution in [0.1, 0.15) is 36.1 Å². The van der Waals surface area contributed by atoms with Crippen LogP contribution in [0.25, 0.3) is 0 Å². The Hall–Kier alpha value is -1.27. The lowest BCUT2D eigenvalue weighted by Gasteiger charge is -2.22. The van der Waals surface area contributed by atoms with Gasteiger partial charge in [0, 0.05) is 5.56 Å². The number of nitrogens with one attached hydrogen (secondary N) is 1. The molecule has 2 aromatic rings. The van der Waals surface area contributed by atoms with Crippen molar-refractivity contribution in [2.45, 2.75) is 25.6 Å². The fourth-order valence-electron chi connectivity index (χ4n) is 2.19. The molecule has 1 atom stereocenters. The topological polar surface area (TPSA) is 25.2 Å². The monoisotopic (exact) mass is 361 g/mol. The third-order valence-corrected chi connectivity index (χ3v) is 3.78. The van der Waals surface area contributed by atoms with Crippen molar-refractivity contribution < 1.29 is 17.6 Å². The molecule has 1 N–H and O–H groups in total. The number of halogens is 4. The van der Waals surface area contributed by atoms with Gasteiger partial charge in [-0.25, -0.2) is 0 Å². The first kappa shape index (κ1) is 16.1. The van der Waals surface area contributed by atoms with E-state index in [4.69, 9.17) is 4.42 Å². The summed E-state index contributed by atoms with van der Waals surface area (Å²) in [5.41, 5.74) is 0.215. The Balaban J connectivity index is 2.50. The zero-order valence-corrected chi connectivity index (χ0v) is 13.0. The van der Waals surface area contributed by atoms with Crippen molar-refractivity contribution in [3.63, 3.8) is 0 Å². The van der Waals surface area contributed by atoms with Crippen LogP contribution in [0.15, 0.2) is 45.7 Å². The zero-order chi connectivity index (χ0) is 15.5. The van der Waals surface area contributed by atoms with Gasteiger partial charge in [0.1, 0.15) is 0 Å². The molecule has 0 fully saturated rings. The van der Waals surface area contributed by atoms with Crippen LogP contribution in [0.3, 0.4) is 0 Å². The minimum Gasteiger partial charge on any atom is -0.457 e. The molecule has 0 aliphatic heterocycles. The van der Waals surface area contributed by atoms with Gasteiger partial charge in [0.25, 0.3) is 0 Å². The summed E-state index contributed by atoms with van der Waals surface area (Å²) in [4.78, 5) is 0. The van der Waals surface area contributed by atoms with E-state index in [1.807, 2.05) is 6.92 Å². The van der Waals surface area contributed by atoms with Crippen molar-refractivity contribution in [3.8, 4) is 0 Å². The predicted molar refractivity (Wildman–Crippen MR) is 78.0 cm³/mol. The Labute approximate surface area is 129 Å². The largest absolute Gasteiger partial charge is 0.457 e. The van der Waals surface area contributed by atoms with E-state index in [1.165, 1.54) is 18.4 Å². The van der Waals surface area contributed by atoms with Crippen LogP contribution in [0, 0.1) is 0 Å². The van der Waals surface area contributed by atoms with E-state index >= 15 is 0 Å². The molecule has 21 heavy (non-hydrogen) atoms. The van der Waals surface area contributed by atoms with Gasteiger partial charge in [0.15, 0.2) is 4.67 Å². The Bertz CT molecular complexity index is 595. The molecule has 1 heterocycles. The molecule has 0 aliphatic carbocycles. The second-order valence-electron chi connectivity index (χ2n) is 4.62. The molecule has 1 aromatic heterocycles. The van der Waals surface area contributed by atoms with Crippen molar-refractivity contribution in [2.75, 3.05) is 6.54 Å². The van der Waals surface area contributed by atoms with Gasteiger partial charge in [-0.1, -0.05) is 25.1 Å². The highest BCUT2D eigenvalue weighted by Crippen LogP contribution is 2.38. The fourth-order valence-corrected chi connectivity index (χ4v) is 2.66. The normalized spacial score (nSPS) is 13.4. The van der Waals surface area contributed by atoms with Crippen molar-refractivity contribution >= 4 is 15.9 Å². The maximum Gasteiger partial charge on any atom is 0.416 e. The molecule has 0 bridgehead atoms. The SMILES string of the molecule is CCCNC(c1ccccc1C(F)(F)F)c1ccoc1Br. The van der Waals surface area contributed by atoms with E-state index in [2.05, 4.69) is 21.2 Å². The number of rotatable bonds is 5. The third kappa shape index (κ3) is 3.68. The smallest absolute Gasteiger partial charge is 0.416 e. The van der Waals surface area contributed by atoms with Crippen LogP contribution in [0.2, 0.25) is 0 Å². The first-order chi connectivity index (χ1) is 9.95. The van der Waals surface area contributed by atoms with Crippen LogP contribution in [0.5, 0.6) is 0 Å². The lowest BCUT2D eigenvalue weighted by molar-refractivity contribution is -0.138. The number of furan rings is 1. The molecular weight excluding hydrogens is 347 g/mol. The van der Waals surface area contributed by atoms with Gasteiger partial charge in [-0.05, 0) is 46.6 Å². The van der Waals surface area contributed by atoms with Gasteiger partial charge in [0.2, 0.25) is 0 Å². The third-order valence-electron chi connectivity index (χ3n) is 3.13. The van der Waals surface area contributed by atoms with Crippen LogP contribution >= 0.6 is 15.9 Å². The van der Waals surface area contributed by atoms with E-state index in [0.29, 0.717) is 16.8 Å². The maximum atomic E-state index is 13.2. The quantitative estimate of drug-likeness (QED) is 0.796. The average molecular weight is 362 g/mol. The first-order valence-corrected chi connectivity index (χ1v) is 7.36. The van der Waals surface area contributed by atoms with E-state index in [1.54, 1.807) is 12.1 Å². The van der Waals surface area contributed by atoms with E-state index in [-0.39, 0.29) is 5.56 Å². The van der Waals surface area contributed by atoms with Crippen LogP contribution < -0.4 is 5.32 Å². The molecule has 0 aliphatic rings. The summed E-state index contributed by atoms with van der Waals surface area (Å²) in [7, 11) is 0. The first-order valence-electron chi connectivity index (χ1n) is 6.57. The summed E-state index contributed by atoms with van der Waals surface area (Å²) in [5.74, 6) is 0. The van der Waals surface area contributed by atoms with Gasteiger partial charge in [-0.2, -0.15) is 13.2 Å². The zero-order valence-electron chi connectivity index (χ0n) is 11.4. The standard InChI is InChI=1S/C15H15BrF3NO/c1-2-8-20-13(11-7-9-21-14(11)16)10-5-3-4-6-12(10)15(17,18)19/h3-7,9,13,20H,2,8H2,1H3. The van der Waals surface area contributed by atoms with Crippen molar-refractivity contribution in [2.24, 2.45) is 0 Å². The molecule has 6 heteroatoms. The average Bonchev–Trinajstić information content (AvgIpc) is 2.85. The van der Waals surface area contributed by atoms with Crippen molar-refractivity contribution in [1.82, 2.24) is 5.32 Å². The Morgan fingerprint density at radius 1 is 1.19 bits per heavy atom. The lowest BCUT2D eigenvalue weighted by atomic mass is 9.95. The number of alkyl halides is 3. The maximum absolute atomic E-state index is 13.2. The molecule has 2 nitrogen and oxygen atoms in total. The summed E-state index contributed by atoms with van der Waals surface area (Å²) in [6, 6.07) is 6.70. The van der Waals surface area contributed by atoms with Gasteiger partial charge < -0.3 is 9.73 Å². The summed E-state index contributed by atoms with van der Waals surface area (Å²) in [6.45, 7) is 2.57. The molecule has 0 saturated heterocycles. The Morgan fingerprint density at radius 2 is 1.90 bits per heavy atom. The van der Waals surface area contributed by atoms with Crippen LogP contribution in [-0.4, -0.2) is 6.54 Å². The fraction of sp³-hybridized carbons (Fsp3) is 0.333. The van der Waals surface area contributed by atoms with Gasteiger partial charge in [-0.3, -0.25) is 0 Å². The molecule has 0 spiro atoms. The summed E-state index contributed by atoms with van der Waals surface area (Å²) < 4.78 is 45.2. The highest BCUT2D eigenvalue weighted by Gasteiger charge is 2.35. The number of benzene rings is 1. The van der Waals surface area contributed by atoms with Crippen LogP contribution in [-0.2, 0) is 6.18 Å². The van der Waals surface area contributed by atoms with E-state index in [9.17, 15) is 13.2 Å². The highest BCUT2D eigenvalue weighted by atomic mass is 79.9. The highest BCUT2D eigenvalue weighted by molar-refractivity contribution is 9.10. The molecule has 1 unspecified atom stereocenters. The molecule has 114 valence electrons. The second-order valence-corrected chi connectivity index (χ2v) is 5.34. The van der Waals surface area contributed by atoms with Gasteiger partial charge in [-0.15, -0.1) is 0 Å². The van der Waals surface area contributed by atoms with Gasteiger partial charge >= 0.3 is 6.18 Å². The molecule has 0 radical (unpaired) electrons. The Kier molecular flexibility index (Phi) is 5.11. The molecular formula is C15H15BrF3NO. The minimum absolute atomic E-state index is 0.195. The van der Waals surface area contributed by atoms with Crippen LogP contribution in [0.4, 0.5) is 13.2 Å². The Morgan fingerprint density at radius 3 is 2.48 bits per heavy atom. The molecule has 0 saturated carbocycles. The van der Waals surface area contributed by atoms with Crippen molar-refractivity contribution in [3.05, 3.63) is 58.0 Å². The van der Waals surface area contributed by atoms with Crippen molar-refractivity contribution in [1.29, 1.82) is 0 Å². The van der Waals surface area contributed by atoms with E-state index < -0.39 is 17.8 Å². The summed E-state index contributed by atoms with van der Waals surface area (Å²) >= 11 is 3.24. The second kappa shape index (κ2) is 6.66. The lowest BCUT2D eigenvalue weighted by Crippen LogP contribution is -2.25. The summed E-state index contributed by atoms with van der Waals surface area (Å²) in [5, 5.41) is 3.15. The molecule has 0 amide bonds.